The van der Waals surface area contributed by atoms with E-state index >= 15 is 0 Å². The summed E-state index contributed by atoms with van der Waals surface area (Å²) < 4.78 is 7.61. The maximum atomic E-state index is 9.31. The Hall–Kier alpha value is -2.01. The van der Waals surface area contributed by atoms with Crippen molar-refractivity contribution in [3.63, 3.8) is 0 Å². The number of nitrogens with two attached hydrogens (primary N) is 1. The fourth-order valence-corrected chi connectivity index (χ4v) is 1.88. The number of benzene rings is 1. The number of nitrogen functional groups attached to an aromatic ring is 1. The van der Waals surface area contributed by atoms with E-state index in [-0.39, 0.29) is 6.61 Å². The van der Waals surface area contributed by atoms with Crippen LogP contribution in [0.25, 0.3) is 0 Å². The summed E-state index contributed by atoms with van der Waals surface area (Å²) in [5, 5.41) is 13.7. The van der Waals surface area contributed by atoms with Crippen LogP contribution < -0.4 is 10.5 Å². The van der Waals surface area contributed by atoms with Crippen molar-refractivity contribution >= 4 is 5.69 Å². The van der Waals surface area contributed by atoms with Crippen LogP contribution in [0.3, 0.4) is 0 Å². The van der Waals surface area contributed by atoms with Gasteiger partial charge in [0.15, 0.2) is 0 Å². The molecule has 1 aromatic carbocycles. The third-order valence-corrected chi connectivity index (χ3v) is 2.91. The first kappa shape index (κ1) is 13.4. The lowest BCUT2D eigenvalue weighted by molar-refractivity contribution is 0.275. The number of aromatic nitrogens is 2. The van der Waals surface area contributed by atoms with Gasteiger partial charge in [-0.05, 0) is 19.4 Å². The van der Waals surface area contributed by atoms with Gasteiger partial charge in [0.05, 0.1) is 12.3 Å². The molecular formula is C14H19N3O2. The van der Waals surface area contributed by atoms with Gasteiger partial charge in [0, 0.05) is 12.1 Å². The number of nitrogens with zero attached hydrogens (tertiary/aromatic N) is 2. The third kappa shape index (κ3) is 2.71. The minimum Gasteiger partial charge on any atom is -0.437 e. The molecule has 0 unspecified atom stereocenters. The summed E-state index contributed by atoms with van der Waals surface area (Å²) in [6, 6.07) is 7.34. The lowest BCUT2D eigenvalue weighted by Gasteiger charge is -2.11. The molecule has 2 rings (SSSR count). The standard InChI is InChI=1S/C14H19N3O2/c1-3-8-17-14(13(15)10(2)16-17)19-12-7-5-4-6-11(12)9-18/h4-7,18H,3,8-9,15H2,1-2H3. The molecule has 0 bridgehead atoms. The third-order valence-electron chi connectivity index (χ3n) is 2.91. The number of rotatable bonds is 5. The summed E-state index contributed by atoms with van der Waals surface area (Å²) in [6.07, 6.45) is 0.943. The van der Waals surface area contributed by atoms with Gasteiger partial charge in [0.25, 0.3) is 0 Å². The van der Waals surface area contributed by atoms with Crippen LogP contribution in [0.4, 0.5) is 5.69 Å². The van der Waals surface area contributed by atoms with Crippen LogP contribution in [0.1, 0.15) is 24.6 Å². The number of ether oxygens (including phenoxy) is 1. The van der Waals surface area contributed by atoms with Gasteiger partial charge in [0.2, 0.25) is 5.88 Å². The summed E-state index contributed by atoms with van der Waals surface area (Å²) >= 11 is 0. The Balaban J connectivity index is 2.37. The van der Waals surface area contributed by atoms with Crippen molar-refractivity contribution in [3.8, 4) is 11.6 Å². The SMILES string of the molecule is CCCn1nc(C)c(N)c1Oc1ccccc1CO. The number of anilines is 1. The molecule has 0 saturated heterocycles. The molecule has 1 aromatic heterocycles. The molecule has 0 aliphatic carbocycles. The predicted octanol–water partition coefficient (Wildman–Crippen LogP) is 2.47. The molecule has 0 spiro atoms. The van der Waals surface area contributed by atoms with Crippen molar-refractivity contribution < 1.29 is 9.84 Å². The summed E-state index contributed by atoms with van der Waals surface area (Å²) in [7, 11) is 0. The van der Waals surface area contributed by atoms with Crippen LogP contribution in [0, 0.1) is 6.92 Å². The Kier molecular flexibility index (Phi) is 4.06. The molecule has 19 heavy (non-hydrogen) atoms. The molecule has 0 fully saturated rings. The van der Waals surface area contributed by atoms with Crippen LogP contribution in [-0.4, -0.2) is 14.9 Å². The highest BCUT2D eigenvalue weighted by atomic mass is 16.5. The maximum absolute atomic E-state index is 9.31. The number of aryl methyl sites for hydroxylation is 2. The van der Waals surface area contributed by atoms with Gasteiger partial charge in [0.1, 0.15) is 11.4 Å². The van der Waals surface area contributed by atoms with Gasteiger partial charge in [-0.3, -0.25) is 0 Å². The summed E-state index contributed by atoms with van der Waals surface area (Å²) in [5.41, 5.74) is 8.03. The van der Waals surface area contributed by atoms with Crippen LogP contribution in [-0.2, 0) is 13.2 Å². The van der Waals surface area contributed by atoms with Gasteiger partial charge in [-0.2, -0.15) is 5.10 Å². The van der Waals surface area contributed by atoms with Crippen LogP contribution in [0.5, 0.6) is 11.6 Å². The average Bonchev–Trinajstić information content (AvgIpc) is 2.68. The zero-order chi connectivity index (χ0) is 13.8. The van der Waals surface area contributed by atoms with Gasteiger partial charge in [-0.1, -0.05) is 25.1 Å². The second-order valence-electron chi connectivity index (χ2n) is 4.40. The van der Waals surface area contributed by atoms with Gasteiger partial charge < -0.3 is 15.6 Å². The molecule has 0 aliphatic heterocycles. The highest BCUT2D eigenvalue weighted by Gasteiger charge is 2.15. The Morgan fingerprint density at radius 1 is 1.37 bits per heavy atom. The molecule has 102 valence electrons. The van der Waals surface area contributed by atoms with Gasteiger partial charge >= 0.3 is 0 Å². The number of para-hydroxylation sites is 1. The Morgan fingerprint density at radius 2 is 2.11 bits per heavy atom. The lowest BCUT2D eigenvalue weighted by atomic mass is 10.2. The molecular weight excluding hydrogens is 242 g/mol. The van der Waals surface area contributed by atoms with E-state index in [4.69, 9.17) is 10.5 Å². The molecule has 0 radical (unpaired) electrons. The number of hydrogen-bond acceptors (Lipinski definition) is 4. The van der Waals surface area contributed by atoms with E-state index in [0.717, 1.165) is 24.2 Å². The first-order valence-corrected chi connectivity index (χ1v) is 6.36. The number of aliphatic hydroxyl groups is 1. The second kappa shape index (κ2) is 5.75. The van der Waals surface area contributed by atoms with Gasteiger partial charge in [-0.15, -0.1) is 0 Å². The van der Waals surface area contributed by atoms with E-state index in [0.29, 0.717) is 17.3 Å². The smallest absolute Gasteiger partial charge is 0.241 e. The molecule has 2 aromatic rings. The molecule has 5 nitrogen and oxygen atoms in total. The van der Waals surface area contributed by atoms with Crippen molar-refractivity contribution in [1.29, 1.82) is 0 Å². The monoisotopic (exact) mass is 261 g/mol. The first-order chi connectivity index (χ1) is 9.17. The molecule has 1 heterocycles. The van der Waals surface area contributed by atoms with Crippen molar-refractivity contribution in [2.75, 3.05) is 5.73 Å². The predicted molar refractivity (Wildman–Crippen MR) is 74.1 cm³/mol. The number of aliphatic hydroxyl groups excluding tert-OH is 1. The maximum Gasteiger partial charge on any atom is 0.241 e. The van der Waals surface area contributed by atoms with Crippen molar-refractivity contribution in [2.24, 2.45) is 0 Å². The fraction of sp³-hybridized carbons (Fsp3) is 0.357. The topological polar surface area (TPSA) is 73.3 Å². The molecule has 5 heteroatoms. The zero-order valence-electron chi connectivity index (χ0n) is 11.3. The normalized spacial score (nSPS) is 10.7. The van der Waals surface area contributed by atoms with Crippen molar-refractivity contribution in [3.05, 3.63) is 35.5 Å². The highest BCUT2D eigenvalue weighted by Crippen LogP contribution is 2.31. The average molecular weight is 261 g/mol. The largest absolute Gasteiger partial charge is 0.437 e. The van der Waals surface area contributed by atoms with Gasteiger partial charge in [-0.25, -0.2) is 4.68 Å². The summed E-state index contributed by atoms with van der Waals surface area (Å²) in [5.74, 6) is 1.15. The lowest BCUT2D eigenvalue weighted by Crippen LogP contribution is -2.03. The highest BCUT2D eigenvalue weighted by molar-refractivity contribution is 5.54. The van der Waals surface area contributed by atoms with E-state index in [9.17, 15) is 5.11 Å². The fourth-order valence-electron chi connectivity index (χ4n) is 1.88. The van der Waals surface area contributed by atoms with Crippen LogP contribution in [0.15, 0.2) is 24.3 Å². The quantitative estimate of drug-likeness (QED) is 0.867. The Bertz CT molecular complexity index is 564. The van der Waals surface area contributed by atoms with Crippen LogP contribution >= 0.6 is 0 Å². The van der Waals surface area contributed by atoms with Crippen molar-refractivity contribution in [2.45, 2.75) is 33.4 Å². The Morgan fingerprint density at radius 3 is 2.79 bits per heavy atom. The second-order valence-corrected chi connectivity index (χ2v) is 4.40. The van der Waals surface area contributed by atoms with E-state index < -0.39 is 0 Å². The molecule has 3 N–H and O–H groups in total. The minimum absolute atomic E-state index is 0.0724. The van der Waals surface area contributed by atoms with Crippen LogP contribution in [0.2, 0.25) is 0 Å². The van der Waals surface area contributed by atoms with E-state index in [1.807, 2.05) is 31.2 Å². The molecule has 0 amide bonds. The molecule has 0 saturated carbocycles. The van der Waals surface area contributed by atoms with E-state index in [1.54, 1.807) is 4.68 Å². The molecule has 0 atom stereocenters. The summed E-state index contributed by atoms with van der Waals surface area (Å²) in [6.45, 7) is 4.59. The zero-order valence-corrected chi connectivity index (χ0v) is 11.3. The minimum atomic E-state index is -0.0724. The van der Waals surface area contributed by atoms with E-state index in [1.165, 1.54) is 0 Å². The number of hydrogen-bond donors (Lipinski definition) is 2. The first-order valence-electron chi connectivity index (χ1n) is 6.36. The molecule has 0 aliphatic rings. The van der Waals surface area contributed by atoms with Crippen molar-refractivity contribution in [1.82, 2.24) is 9.78 Å². The summed E-state index contributed by atoms with van der Waals surface area (Å²) in [4.78, 5) is 0. The van der Waals surface area contributed by atoms with E-state index in [2.05, 4.69) is 12.0 Å². The Labute approximate surface area is 112 Å².